The molecule has 0 radical (unpaired) electrons. The van der Waals surface area contributed by atoms with Crippen molar-refractivity contribution in [2.24, 2.45) is 5.10 Å². The Labute approximate surface area is 189 Å². The third-order valence-corrected chi connectivity index (χ3v) is 5.11. The summed E-state index contributed by atoms with van der Waals surface area (Å²) in [5.74, 6) is -1.07. The van der Waals surface area contributed by atoms with Crippen molar-refractivity contribution in [3.05, 3.63) is 93.5 Å². The second-order valence-corrected chi connectivity index (χ2v) is 7.33. The molecule has 6 nitrogen and oxygen atoms in total. The molecule has 0 spiro atoms. The minimum atomic E-state index is -0.893. The average molecular weight is 456 g/mol. The molecular weight excluding hydrogens is 437 g/mol. The van der Waals surface area contributed by atoms with Gasteiger partial charge in [-0.1, -0.05) is 47.5 Å². The van der Waals surface area contributed by atoms with E-state index in [9.17, 15) is 9.59 Å². The van der Waals surface area contributed by atoms with Gasteiger partial charge in [0, 0.05) is 21.3 Å². The van der Waals surface area contributed by atoms with Crippen LogP contribution in [0.25, 0.3) is 0 Å². The molecule has 0 unspecified atom stereocenters. The predicted molar refractivity (Wildman–Crippen MR) is 123 cm³/mol. The molecule has 0 atom stereocenters. The van der Waals surface area contributed by atoms with Gasteiger partial charge in [-0.3, -0.25) is 9.59 Å². The summed E-state index contributed by atoms with van der Waals surface area (Å²) < 4.78 is 5.72. The fraction of sp³-hybridized carbons (Fsp3) is 0.0870. The van der Waals surface area contributed by atoms with Gasteiger partial charge in [0.05, 0.1) is 6.21 Å². The van der Waals surface area contributed by atoms with E-state index in [-0.39, 0.29) is 0 Å². The zero-order valence-electron chi connectivity index (χ0n) is 16.6. The van der Waals surface area contributed by atoms with Crippen LogP contribution in [0.4, 0.5) is 5.69 Å². The number of anilines is 1. The molecule has 0 fully saturated rings. The summed E-state index contributed by atoms with van der Waals surface area (Å²) in [6.07, 6.45) is 1.42. The number of benzene rings is 3. The highest BCUT2D eigenvalue weighted by molar-refractivity contribution is 6.40. The van der Waals surface area contributed by atoms with Crippen molar-refractivity contribution < 1.29 is 14.3 Å². The monoisotopic (exact) mass is 455 g/mol. The molecule has 2 N–H and O–H groups in total. The van der Waals surface area contributed by atoms with Crippen molar-refractivity contribution in [1.82, 2.24) is 5.43 Å². The minimum absolute atomic E-state index is 0.352. The predicted octanol–water partition coefficient (Wildman–Crippen LogP) is 4.97. The molecular formula is C23H19Cl2N3O3. The number of carbonyl (C=O) groups excluding carboxylic acids is 2. The van der Waals surface area contributed by atoms with Crippen LogP contribution in [0.1, 0.15) is 16.7 Å². The molecule has 158 valence electrons. The molecule has 2 amide bonds. The smallest absolute Gasteiger partial charge is 0.329 e. The average Bonchev–Trinajstić information content (AvgIpc) is 2.77. The molecule has 0 saturated heterocycles. The highest BCUT2D eigenvalue weighted by atomic mass is 35.5. The molecule has 0 aliphatic carbocycles. The van der Waals surface area contributed by atoms with Crippen LogP contribution in [0.2, 0.25) is 10.0 Å². The molecule has 31 heavy (non-hydrogen) atoms. The van der Waals surface area contributed by atoms with Crippen LogP contribution in [0, 0.1) is 6.92 Å². The lowest BCUT2D eigenvalue weighted by atomic mass is 10.2. The van der Waals surface area contributed by atoms with Crippen molar-refractivity contribution in [1.29, 1.82) is 0 Å². The highest BCUT2D eigenvalue weighted by Crippen LogP contribution is 2.22. The van der Waals surface area contributed by atoms with Gasteiger partial charge in [0.2, 0.25) is 0 Å². The molecule has 0 heterocycles. The molecule has 0 aliphatic heterocycles. The maximum atomic E-state index is 12.0. The largest absolute Gasteiger partial charge is 0.489 e. The Morgan fingerprint density at radius 3 is 2.39 bits per heavy atom. The van der Waals surface area contributed by atoms with Crippen molar-refractivity contribution in [3.63, 3.8) is 0 Å². The quantitative estimate of drug-likeness (QED) is 0.312. The lowest BCUT2D eigenvalue weighted by molar-refractivity contribution is -0.136. The number of nitrogens with one attached hydrogen (secondary N) is 2. The third kappa shape index (κ3) is 6.31. The molecule has 3 rings (SSSR count). The Morgan fingerprint density at radius 1 is 0.935 bits per heavy atom. The van der Waals surface area contributed by atoms with Crippen LogP contribution in [0.15, 0.2) is 71.8 Å². The molecule has 0 aromatic heterocycles. The van der Waals surface area contributed by atoms with Gasteiger partial charge in [0.1, 0.15) is 12.4 Å². The Hall–Kier alpha value is -3.35. The van der Waals surface area contributed by atoms with Gasteiger partial charge < -0.3 is 10.1 Å². The number of nitrogens with zero attached hydrogens (tertiary/aromatic N) is 1. The number of amides is 2. The van der Waals surface area contributed by atoms with Crippen molar-refractivity contribution in [2.45, 2.75) is 13.5 Å². The minimum Gasteiger partial charge on any atom is -0.489 e. The normalized spacial score (nSPS) is 10.7. The zero-order valence-corrected chi connectivity index (χ0v) is 18.1. The first-order valence-electron chi connectivity index (χ1n) is 9.30. The number of hydrogen-bond donors (Lipinski definition) is 2. The Kier molecular flexibility index (Phi) is 7.65. The van der Waals surface area contributed by atoms with Gasteiger partial charge in [-0.25, -0.2) is 5.43 Å². The van der Waals surface area contributed by atoms with Gasteiger partial charge >= 0.3 is 11.8 Å². The van der Waals surface area contributed by atoms with Crippen LogP contribution in [-0.2, 0) is 16.2 Å². The van der Waals surface area contributed by atoms with Crippen LogP contribution in [0.3, 0.4) is 0 Å². The second kappa shape index (κ2) is 10.6. The zero-order chi connectivity index (χ0) is 22.2. The van der Waals surface area contributed by atoms with Crippen LogP contribution >= 0.6 is 23.2 Å². The standard InChI is InChI=1S/C23H19Cl2N3O3/c1-15-19(24)7-4-8-21(15)27-22(29)23(30)28-26-13-16-9-11-18(12-10-16)31-14-17-5-2-3-6-20(17)25/h2-13H,14H2,1H3,(H,27,29)(H,28,30). The van der Waals surface area contributed by atoms with Gasteiger partial charge in [0.25, 0.3) is 0 Å². The number of rotatable bonds is 6. The summed E-state index contributed by atoms with van der Waals surface area (Å²) in [7, 11) is 0. The summed E-state index contributed by atoms with van der Waals surface area (Å²) >= 11 is 12.1. The van der Waals surface area contributed by atoms with E-state index in [2.05, 4.69) is 15.8 Å². The molecule has 0 bridgehead atoms. The topological polar surface area (TPSA) is 79.8 Å². The maximum Gasteiger partial charge on any atom is 0.329 e. The maximum absolute atomic E-state index is 12.0. The lowest BCUT2D eigenvalue weighted by Gasteiger charge is -2.08. The number of hydrogen-bond acceptors (Lipinski definition) is 4. The summed E-state index contributed by atoms with van der Waals surface area (Å²) in [5.41, 5.74) is 4.94. The number of ether oxygens (including phenoxy) is 1. The first kappa shape index (κ1) is 22.3. The van der Waals surface area contributed by atoms with E-state index in [1.807, 2.05) is 24.3 Å². The summed E-state index contributed by atoms with van der Waals surface area (Å²) in [6.45, 7) is 2.10. The lowest BCUT2D eigenvalue weighted by Crippen LogP contribution is -2.32. The molecule has 8 heteroatoms. The van der Waals surface area contributed by atoms with E-state index < -0.39 is 11.8 Å². The van der Waals surface area contributed by atoms with E-state index in [0.29, 0.717) is 33.7 Å². The van der Waals surface area contributed by atoms with Crippen molar-refractivity contribution in [2.75, 3.05) is 5.32 Å². The molecule has 0 saturated carbocycles. The van der Waals surface area contributed by atoms with Gasteiger partial charge in [-0.15, -0.1) is 0 Å². The summed E-state index contributed by atoms with van der Waals surface area (Å²) in [5, 5.41) is 7.46. The van der Waals surface area contributed by atoms with Crippen LogP contribution < -0.4 is 15.5 Å². The Balaban J connectivity index is 1.50. The van der Waals surface area contributed by atoms with Crippen LogP contribution in [-0.4, -0.2) is 18.0 Å². The first-order chi connectivity index (χ1) is 14.9. The fourth-order valence-corrected chi connectivity index (χ4v) is 2.93. The van der Waals surface area contributed by atoms with E-state index >= 15 is 0 Å². The van der Waals surface area contributed by atoms with E-state index in [1.165, 1.54) is 6.21 Å². The number of carbonyl (C=O) groups is 2. The van der Waals surface area contributed by atoms with E-state index in [0.717, 1.165) is 11.1 Å². The van der Waals surface area contributed by atoms with Crippen LogP contribution in [0.5, 0.6) is 5.75 Å². The molecule has 0 aliphatic rings. The van der Waals surface area contributed by atoms with Crippen molar-refractivity contribution in [3.8, 4) is 5.75 Å². The number of hydrazone groups is 1. The Morgan fingerprint density at radius 2 is 1.65 bits per heavy atom. The van der Waals surface area contributed by atoms with E-state index in [4.69, 9.17) is 27.9 Å². The highest BCUT2D eigenvalue weighted by Gasteiger charge is 2.14. The van der Waals surface area contributed by atoms with Gasteiger partial charge in [-0.2, -0.15) is 5.10 Å². The molecule has 3 aromatic carbocycles. The first-order valence-corrected chi connectivity index (χ1v) is 10.1. The fourth-order valence-electron chi connectivity index (χ4n) is 2.56. The van der Waals surface area contributed by atoms with Crippen molar-refractivity contribution >= 4 is 46.9 Å². The van der Waals surface area contributed by atoms with Gasteiger partial charge in [-0.05, 0) is 60.5 Å². The molecule has 3 aromatic rings. The summed E-state index contributed by atoms with van der Waals surface area (Å²) in [6, 6.07) is 19.6. The second-order valence-electron chi connectivity index (χ2n) is 6.51. The van der Waals surface area contributed by atoms with Gasteiger partial charge in [0.15, 0.2) is 0 Å². The Bertz CT molecular complexity index is 1120. The SMILES string of the molecule is Cc1c(Cl)cccc1NC(=O)C(=O)NN=Cc1ccc(OCc2ccccc2Cl)cc1. The summed E-state index contributed by atoms with van der Waals surface area (Å²) in [4.78, 5) is 23.9. The number of halogens is 2. The van der Waals surface area contributed by atoms with E-state index in [1.54, 1.807) is 49.4 Å². The third-order valence-electron chi connectivity index (χ3n) is 4.33.